The van der Waals surface area contributed by atoms with Gasteiger partial charge in [0.2, 0.25) is 0 Å². The number of carboxylic acid groups (broad SMARTS) is 1. The molecular formula is C23H20FN5O2S. The molecule has 4 aromatic rings. The van der Waals surface area contributed by atoms with Crippen LogP contribution in [0.1, 0.15) is 18.4 Å². The van der Waals surface area contributed by atoms with Gasteiger partial charge in [-0.25, -0.2) is 19.3 Å². The fourth-order valence-corrected chi connectivity index (χ4v) is 6.04. The van der Waals surface area contributed by atoms with Gasteiger partial charge in [-0.1, -0.05) is 12.2 Å². The molecule has 4 heterocycles. The molecule has 3 aliphatic carbocycles. The summed E-state index contributed by atoms with van der Waals surface area (Å²) in [5.41, 5.74) is 3.04. The fourth-order valence-electron chi connectivity index (χ4n) is 5.10. The van der Waals surface area contributed by atoms with E-state index < -0.39 is 17.7 Å². The first-order valence-electron chi connectivity index (χ1n) is 10.6. The first kappa shape index (κ1) is 19.4. The number of nitrogens with zero attached hydrogens (tertiary/aromatic N) is 3. The van der Waals surface area contributed by atoms with Crippen molar-refractivity contribution in [3.05, 3.63) is 47.4 Å². The van der Waals surface area contributed by atoms with E-state index in [2.05, 4.69) is 27.4 Å². The van der Waals surface area contributed by atoms with Crippen LogP contribution in [0.4, 0.5) is 10.2 Å². The van der Waals surface area contributed by atoms with E-state index in [1.165, 1.54) is 23.6 Å². The molecule has 32 heavy (non-hydrogen) atoms. The molecule has 0 aliphatic heterocycles. The van der Waals surface area contributed by atoms with Gasteiger partial charge in [-0.2, -0.15) is 0 Å². The summed E-state index contributed by atoms with van der Waals surface area (Å²) in [5, 5.41) is 16.0. The lowest BCUT2D eigenvalue weighted by Gasteiger charge is -2.43. The molecule has 2 unspecified atom stereocenters. The monoisotopic (exact) mass is 449 g/mol. The van der Waals surface area contributed by atoms with Crippen LogP contribution in [0, 0.1) is 30.5 Å². The number of aromatic amines is 1. The van der Waals surface area contributed by atoms with E-state index in [-0.39, 0.29) is 17.9 Å². The molecule has 4 atom stereocenters. The van der Waals surface area contributed by atoms with Crippen LogP contribution in [0.3, 0.4) is 0 Å². The lowest BCUT2D eigenvalue weighted by Crippen LogP contribution is -2.49. The molecule has 0 saturated heterocycles. The van der Waals surface area contributed by atoms with Gasteiger partial charge in [0.15, 0.2) is 5.82 Å². The minimum Gasteiger partial charge on any atom is -0.481 e. The number of thiophene rings is 1. The predicted octanol–water partition coefficient (Wildman–Crippen LogP) is 4.76. The van der Waals surface area contributed by atoms with E-state index in [4.69, 9.17) is 9.97 Å². The number of hydrogen-bond donors (Lipinski definition) is 3. The Labute approximate surface area is 186 Å². The van der Waals surface area contributed by atoms with Gasteiger partial charge in [0.25, 0.3) is 0 Å². The van der Waals surface area contributed by atoms with Crippen LogP contribution in [0.5, 0.6) is 0 Å². The van der Waals surface area contributed by atoms with Crippen molar-refractivity contribution in [1.29, 1.82) is 0 Å². The van der Waals surface area contributed by atoms with E-state index in [9.17, 15) is 14.3 Å². The maximum absolute atomic E-state index is 13.9. The number of fused-ring (bicyclic) bond motifs is 4. The summed E-state index contributed by atoms with van der Waals surface area (Å²) in [7, 11) is 0. The van der Waals surface area contributed by atoms with E-state index >= 15 is 0 Å². The van der Waals surface area contributed by atoms with Crippen LogP contribution in [0.2, 0.25) is 0 Å². The Bertz CT molecular complexity index is 1410. The van der Waals surface area contributed by atoms with E-state index in [1.807, 2.05) is 12.3 Å². The summed E-state index contributed by atoms with van der Waals surface area (Å²) in [4.78, 5) is 28.8. The number of aryl methyl sites for hydroxylation is 1. The van der Waals surface area contributed by atoms with Crippen molar-refractivity contribution in [2.75, 3.05) is 5.32 Å². The molecule has 1 fully saturated rings. The molecule has 0 spiro atoms. The summed E-state index contributed by atoms with van der Waals surface area (Å²) < 4.78 is 14.8. The maximum atomic E-state index is 13.9. The smallest absolute Gasteiger partial charge is 0.309 e. The summed E-state index contributed by atoms with van der Waals surface area (Å²) in [6.07, 6.45) is 8.94. The molecule has 0 radical (unpaired) electrons. The molecule has 4 aromatic heterocycles. The third-order valence-electron chi connectivity index (χ3n) is 6.67. The molecule has 2 bridgehead atoms. The van der Waals surface area contributed by atoms with Gasteiger partial charge in [0.1, 0.15) is 17.3 Å². The second-order valence-corrected chi connectivity index (χ2v) is 9.45. The molecule has 1 saturated carbocycles. The molecule has 3 N–H and O–H groups in total. The number of aliphatic carboxylic acids is 1. The average Bonchev–Trinajstić information content (AvgIpc) is 3.37. The summed E-state index contributed by atoms with van der Waals surface area (Å²) >= 11 is 1.54. The van der Waals surface area contributed by atoms with Crippen molar-refractivity contribution in [3.63, 3.8) is 0 Å². The third kappa shape index (κ3) is 2.91. The van der Waals surface area contributed by atoms with Gasteiger partial charge in [-0.3, -0.25) is 4.79 Å². The van der Waals surface area contributed by atoms with Crippen LogP contribution in [0.25, 0.3) is 32.6 Å². The Morgan fingerprint density at radius 2 is 2.09 bits per heavy atom. The minimum atomic E-state index is -0.785. The number of rotatable bonds is 4. The number of H-pyrrole nitrogens is 1. The number of nitrogens with one attached hydrogen (secondary N) is 2. The minimum absolute atomic E-state index is 0.0273. The van der Waals surface area contributed by atoms with Crippen LogP contribution in [0.15, 0.2) is 36.0 Å². The zero-order chi connectivity index (χ0) is 22.0. The number of pyridine rings is 1. The quantitative estimate of drug-likeness (QED) is 0.388. The highest BCUT2D eigenvalue weighted by atomic mass is 32.1. The highest BCUT2D eigenvalue weighted by molar-refractivity contribution is 7.18. The number of carbonyl (C=O) groups is 1. The largest absolute Gasteiger partial charge is 0.481 e. The lowest BCUT2D eigenvalue weighted by molar-refractivity contribution is -0.145. The van der Waals surface area contributed by atoms with Crippen LogP contribution >= 0.6 is 11.3 Å². The second-order valence-electron chi connectivity index (χ2n) is 8.57. The zero-order valence-electron chi connectivity index (χ0n) is 17.2. The Morgan fingerprint density at radius 1 is 1.28 bits per heavy atom. The maximum Gasteiger partial charge on any atom is 0.309 e. The highest BCUT2D eigenvalue weighted by Crippen LogP contribution is 2.43. The molecular weight excluding hydrogens is 429 g/mol. The van der Waals surface area contributed by atoms with Crippen molar-refractivity contribution in [2.45, 2.75) is 25.8 Å². The summed E-state index contributed by atoms with van der Waals surface area (Å²) in [6.45, 7) is 1.99. The number of anilines is 1. The van der Waals surface area contributed by atoms with E-state index in [1.54, 1.807) is 6.20 Å². The Kier molecular flexibility index (Phi) is 4.29. The van der Waals surface area contributed by atoms with Crippen molar-refractivity contribution < 1.29 is 14.3 Å². The number of allylic oxidation sites excluding steroid dienone is 1. The molecule has 9 heteroatoms. The Hall–Kier alpha value is -3.33. The van der Waals surface area contributed by atoms with Gasteiger partial charge in [-0.05, 0) is 48.6 Å². The molecule has 7 rings (SSSR count). The van der Waals surface area contributed by atoms with Gasteiger partial charge in [0.05, 0.1) is 22.3 Å². The number of aromatic nitrogens is 4. The Balaban J connectivity index is 1.49. The van der Waals surface area contributed by atoms with E-state index in [0.29, 0.717) is 28.2 Å². The van der Waals surface area contributed by atoms with Crippen molar-refractivity contribution in [1.82, 2.24) is 19.9 Å². The number of carboxylic acids is 1. The fraction of sp³-hybridized carbons (Fsp3) is 0.304. The second kappa shape index (κ2) is 7.09. The van der Waals surface area contributed by atoms with Crippen LogP contribution in [-0.2, 0) is 4.79 Å². The van der Waals surface area contributed by atoms with Crippen molar-refractivity contribution >= 4 is 44.4 Å². The molecule has 3 aliphatic rings. The SMILES string of the molecule is Cc1csc2c(N[C@H]3C4C=CC(CC4)[C@@H]3C(=O)O)nc(-c3c[nH]c4ncc(F)cc34)nc12. The van der Waals surface area contributed by atoms with Crippen molar-refractivity contribution in [3.8, 4) is 11.4 Å². The van der Waals surface area contributed by atoms with Gasteiger partial charge in [-0.15, -0.1) is 11.3 Å². The molecule has 162 valence electrons. The normalized spacial score (nSPS) is 24.4. The zero-order valence-corrected chi connectivity index (χ0v) is 18.0. The summed E-state index contributed by atoms with van der Waals surface area (Å²) in [6, 6.07) is 1.17. The van der Waals surface area contributed by atoms with Crippen molar-refractivity contribution in [2.24, 2.45) is 17.8 Å². The lowest BCUT2D eigenvalue weighted by atomic mass is 9.66. The van der Waals surface area contributed by atoms with Gasteiger partial charge < -0.3 is 15.4 Å². The Morgan fingerprint density at radius 3 is 2.88 bits per heavy atom. The molecule has 0 amide bonds. The van der Waals surface area contributed by atoms with Crippen LogP contribution < -0.4 is 5.32 Å². The van der Waals surface area contributed by atoms with Gasteiger partial charge >= 0.3 is 5.97 Å². The van der Waals surface area contributed by atoms with E-state index in [0.717, 1.165) is 28.6 Å². The first-order valence-corrected chi connectivity index (χ1v) is 11.4. The standard InChI is InChI=1S/C23H20FN5O2S/c1-10-9-32-19-17(10)27-21(15-8-26-20-14(15)6-13(24)7-25-20)29-22(19)28-18-12-4-2-11(3-5-12)16(18)23(30)31/h2,4,6-9,11-12,16,18H,3,5H2,1H3,(H,25,26)(H,30,31)(H,27,28,29)/t11?,12?,16-,18-/m0/s1. The number of hydrogen-bond acceptors (Lipinski definition) is 6. The highest BCUT2D eigenvalue weighted by Gasteiger charge is 2.45. The average molecular weight is 450 g/mol. The topological polar surface area (TPSA) is 104 Å². The predicted molar refractivity (Wildman–Crippen MR) is 121 cm³/mol. The molecule has 0 aromatic carbocycles. The molecule has 7 nitrogen and oxygen atoms in total. The van der Waals surface area contributed by atoms with Gasteiger partial charge in [0, 0.05) is 23.2 Å². The van der Waals surface area contributed by atoms with Crippen LogP contribution in [-0.4, -0.2) is 37.1 Å². The third-order valence-corrected chi connectivity index (χ3v) is 7.76. The number of halogens is 1. The first-order chi connectivity index (χ1) is 15.5. The summed E-state index contributed by atoms with van der Waals surface area (Å²) in [5.74, 6) is -0.477.